The molecule has 0 fully saturated rings. The van der Waals surface area contributed by atoms with E-state index in [4.69, 9.17) is 4.42 Å². The largest absolute Gasteiger partial charge is 0.459 e. The Bertz CT molecular complexity index is 1100. The zero-order chi connectivity index (χ0) is 18.6. The Kier molecular flexibility index (Phi) is 4.37. The molecule has 0 aliphatic carbocycles. The van der Waals surface area contributed by atoms with Gasteiger partial charge >= 0.3 is 0 Å². The van der Waals surface area contributed by atoms with Gasteiger partial charge in [0.25, 0.3) is 11.8 Å². The van der Waals surface area contributed by atoms with E-state index in [-0.39, 0.29) is 17.6 Å². The molecule has 0 radical (unpaired) electrons. The third kappa shape index (κ3) is 3.55. The van der Waals surface area contributed by atoms with Crippen LogP contribution in [0.3, 0.4) is 0 Å². The van der Waals surface area contributed by atoms with E-state index in [9.17, 15) is 9.59 Å². The summed E-state index contributed by atoms with van der Waals surface area (Å²) >= 11 is 0. The monoisotopic (exact) mass is 357 g/mol. The van der Waals surface area contributed by atoms with E-state index < -0.39 is 0 Å². The van der Waals surface area contributed by atoms with Crippen LogP contribution in [0, 0.1) is 0 Å². The Morgan fingerprint density at radius 1 is 0.778 bits per heavy atom. The molecule has 132 valence electrons. The standard InChI is InChI=1S/C21H15N3O3/c25-20(17-6-1-4-14-5-2-12-22-19(14)17)23-15-8-10-16(11-9-15)24-21(26)18-7-3-13-27-18/h1-13H,(H,23,25)(H,24,26). The topological polar surface area (TPSA) is 84.2 Å². The quantitative estimate of drug-likeness (QED) is 0.569. The number of nitrogens with zero attached hydrogens (tertiary/aromatic N) is 1. The van der Waals surface area contributed by atoms with Crippen LogP contribution in [0.4, 0.5) is 11.4 Å². The molecular formula is C21H15N3O3. The van der Waals surface area contributed by atoms with Gasteiger partial charge < -0.3 is 15.1 Å². The second-order valence-corrected chi connectivity index (χ2v) is 5.84. The fourth-order valence-electron chi connectivity index (χ4n) is 2.72. The van der Waals surface area contributed by atoms with Gasteiger partial charge in [0.05, 0.1) is 17.3 Å². The van der Waals surface area contributed by atoms with Crippen LogP contribution < -0.4 is 10.6 Å². The first-order valence-corrected chi connectivity index (χ1v) is 8.31. The van der Waals surface area contributed by atoms with Crippen molar-refractivity contribution >= 4 is 34.1 Å². The number of rotatable bonds is 4. The zero-order valence-corrected chi connectivity index (χ0v) is 14.2. The molecule has 2 aromatic heterocycles. The Morgan fingerprint density at radius 2 is 1.48 bits per heavy atom. The van der Waals surface area contributed by atoms with E-state index in [1.165, 1.54) is 6.26 Å². The van der Waals surface area contributed by atoms with Crippen molar-refractivity contribution in [1.29, 1.82) is 0 Å². The summed E-state index contributed by atoms with van der Waals surface area (Å²) in [5.74, 6) is -0.346. The minimum absolute atomic E-state index is 0.232. The molecule has 0 aliphatic heterocycles. The molecule has 4 aromatic rings. The molecule has 0 atom stereocenters. The number of amides is 2. The van der Waals surface area contributed by atoms with Crippen molar-refractivity contribution in [3.8, 4) is 0 Å². The summed E-state index contributed by atoms with van der Waals surface area (Å²) < 4.78 is 5.05. The molecule has 2 N–H and O–H groups in total. The normalized spacial score (nSPS) is 10.5. The van der Waals surface area contributed by atoms with E-state index >= 15 is 0 Å². The summed E-state index contributed by atoms with van der Waals surface area (Å²) in [6.45, 7) is 0. The van der Waals surface area contributed by atoms with E-state index in [0.717, 1.165) is 5.39 Å². The first kappa shape index (κ1) is 16.5. The third-order valence-corrected chi connectivity index (χ3v) is 4.02. The van der Waals surface area contributed by atoms with Gasteiger partial charge in [0.15, 0.2) is 5.76 Å². The minimum atomic E-state index is -0.335. The third-order valence-electron chi connectivity index (χ3n) is 4.02. The molecule has 27 heavy (non-hydrogen) atoms. The predicted octanol–water partition coefficient (Wildman–Crippen LogP) is 4.33. The minimum Gasteiger partial charge on any atom is -0.459 e. The molecule has 6 heteroatoms. The maximum Gasteiger partial charge on any atom is 0.291 e. The predicted molar refractivity (Wildman–Crippen MR) is 103 cm³/mol. The fraction of sp³-hybridized carbons (Fsp3) is 0. The highest BCUT2D eigenvalue weighted by molar-refractivity contribution is 6.12. The van der Waals surface area contributed by atoms with Crippen molar-refractivity contribution < 1.29 is 14.0 Å². The summed E-state index contributed by atoms with van der Waals surface area (Å²) in [5.41, 5.74) is 2.37. The summed E-state index contributed by atoms with van der Waals surface area (Å²) in [6.07, 6.45) is 3.10. The Balaban J connectivity index is 1.48. The van der Waals surface area contributed by atoms with Crippen molar-refractivity contribution in [2.24, 2.45) is 0 Å². The van der Waals surface area contributed by atoms with Crippen LogP contribution in [0.5, 0.6) is 0 Å². The van der Waals surface area contributed by atoms with Gasteiger partial charge in [-0.3, -0.25) is 14.6 Å². The number of carbonyl (C=O) groups excluding carboxylic acids is 2. The van der Waals surface area contributed by atoms with Crippen molar-refractivity contribution in [3.63, 3.8) is 0 Å². The molecule has 0 spiro atoms. The first-order valence-electron chi connectivity index (χ1n) is 8.31. The van der Waals surface area contributed by atoms with E-state index in [0.29, 0.717) is 22.5 Å². The molecule has 0 aliphatic rings. The molecule has 6 nitrogen and oxygen atoms in total. The van der Waals surface area contributed by atoms with Gasteiger partial charge in [0.1, 0.15) is 0 Å². The Morgan fingerprint density at radius 3 is 2.19 bits per heavy atom. The lowest BCUT2D eigenvalue weighted by Crippen LogP contribution is -2.13. The second-order valence-electron chi connectivity index (χ2n) is 5.84. The number of hydrogen-bond donors (Lipinski definition) is 2. The zero-order valence-electron chi connectivity index (χ0n) is 14.2. The smallest absolute Gasteiger partial charge is 0.291 e. The van der Waals surface area contributed by atoms with E-state index in [2.05, 4.69) is 15.6 Å². The molecule has 0 saturated heterocycles. The van der Waals surface area contributed by atoms with Crippen molar-refractivity contribution in [3.05, 3.63) is 90.5 Å². The molecule has 0 saturated carbocycles. The van der Waals surface area contributed by atoms with Crippen molar-refractivity contribution in [2.45, 2.75) is 0 Å². The molecular weight excluding hydrogens is 342 g/mol. The molecule has 0 unspecified atom stereocenters. The lowest BCUT2D eigenvalue weighted by Gasteiger charge is -2.09. The molecule has 2 aromatic carbocycles. The maximum atomic E-state index is 12.6. The maximum absolute atomic E-state index is 12.6. The van der Waals surface area contributed by atoms with Gasteiger partial charge in [-0.25, -0.2) is 0 Å². The van der Waals surface area contributed by atoms with Crippen LogP contribution >= 0.6 is 0 Å². The summed E-state index contributed by atoms with van der Waals surface area (Å²) in [4.78, 5) is 28.9. The van der Waals surface area contributed by atoms with Crippen molar-refractivity contribution in [1.82, 2.24) is 4.98 Å². The summed E-state index contributed by atoms with van der Waals surface area (Å²) in [5, 5.41) is 6.48. The number of para-hydroxylation sites is 1. The van der Waals surface area contributed by atoms with E-state index in [1.807, 2.05) is 24.3 Å². The van der Waals surface area contributed by atoms with Gasteiger partial charge in [-0.2, -0.15) is 0 Å². The number of nitrogens with one attached hydrogen (secondary N) is 2. The number of pyridine rings is 1. The lowest BCUT2D eigenvalue weighted by molar-refractivity contribution is 0.0994. The van der Waals surface area contributed by atoms with Gasteiger partial charge in [-0.1, -0.05) is 18.2 Å². The fourth-order valence-corrected chi connectivity index (χ4v) is 2.72. The van der Waals surface area contributed by atoms with Crippen LogP contribution in [0.25, 0.3) is 10.9 Å². The number of furan rings is 1. The van der Waals surface area contributed by atoms with Gasteiger partial charge in [0, 0.05) is 23.0 Å². The molecule has 2 amide bonds. The van der Waals surface area contributed by atoms with Crippen LogP contribution in [0.2, 0.25) is 0 Å². The highest BCUT2D eigenvalue weighted by atomic mass is 16.3. The highest BCUT2D eigenvalue weighted by Crippen LogP contribution is 2.19. The Labute approximate surface area is 154 Å². The average molecular weight is 357 g/mol. The van der Waals surface area contributed by atoms with Crippen LogP contribution in [0.1, 0.15) is 20.9 Å². The number of aromatic nitrogens is 1. The summed E-state index contributed by atoms with van der Waals surface area (Å²) in [6, 6.07) is 19.3. The van der Waals surface area contributed by atoms with Crippen LogP contribution in [-0.2, 0) is 0 Å². The molecule has 4 rings (SSSR count). The lowest BCUT2D eigenvalue weighted by atomic mass is 10.1. The summed E-state index contributed by atoms with van der Waals surface area (Å²) in [7, 11) is 0. The molecule has 2 heterocycles. The average Bonchev–Trinajstić information content (AvgIpc) is 3.24. The first-order chi connectivity index (χ1) is 13.2. The van der Waals surface area contributed by atoms with Crippen molar-refractivity contribution in [2.75, 3.05) is 10.6 Å². The van der Waals surface area contributed by atoms with Crippen LogP contribution in [0.15, 0.2) is 83.6 Å². The van der Waals surface area contributed by atoms with E-state index in [1.54, 1.807) is 48.7 Å². The molecule has 0 bridgehead atoms. The second kappa shape index (κ2) is 7.13. The number of benzene rings is 2. The van der Waals surface area contributed by atoms with Crippen LogP contribution in [-0.4, -0.2) is 16.8 Å². The number of anilines is 2. The number of hydrogen-bond acceptors (Lipinski definition) is 4. The SMILES string of the molecule is O=C(Nc1ccc(NC(=O)c2cccc3cccnc23)cc1)c1ccco1. The Hall–Kier alpha value is -3.93. The number of carbonyl (C=O) groups is 2. The van der Waals surface area contributed by atoms with Gasteiger partial charge in [-0.05, 0) is 48.5 Å². The van der Waals surface area contributed by atoms with Gasteiger partial charge in [0.2, 0.25) is 0 Å². The highest BCUT2D eigenvalue weighted by Gasteiger charge is 2.12. The number of fused-ring (bicyclic) bond motifs is 1. The van der Waals surface area contributed by atoms with Gasteiger partial charge in [-0.15, -0.1) is 0 Å².